The normalized spacial score (nSPS) is 27.7. The van der Waals surface area contributed by atoms with Gasteiger partial charge in [-0.05, 0) is 50.9 Å². The summed E-state index contributed by atoms with van der Waals surface area (Å²) in [5.74, 6) is -0.231. The fraction of sp³-hybridized carbons (Fsp3) is 0.769. The maximum absolute atomic E-state index is 10.8. The highest BCUT2D eigenvalue weighted by Crippen LogP contribution is 2.42. The van der Waals surface area contributed by atoms with Crippen molar-refractivity contribution in [3.8, 4) is 0 Å². The number of aliphatic carboxylic acids is 1. The second kappa shape index (κ2) is 4.38. The number of allylic oxidation sites excluding steroid dienone is 2. The summed E-state index contributed by atoms with van der Waals surface area (Å²) in [6.07, 6.45) is 8.47. The van der Waals surface area contributed by atoms with Crippen molar-refractivity contribution in [2.45, 2.75) is 51.9 Å². The number of rotatable bonds is 3. The van der Waals surface area contributed by atoms with Crippen LogP contribution in [0.25, 0.3) is 0 Å². The lowest BCUT2D eigenvalue weighted by Gasteiger charge is -2.26. The Morgan fingerprint density at radius 1 is 1.40 bits per heavy atom. The zero-order valence-corrected chi connectivity index (χ0v) is 9.46. The zero-order valence-electron chi connectivity index (χ0n) is 9.46. The summed E-state index contributed by atoms with van der Waals surface area (Å²) in [5.41, 5.74) is 3.30. The summed E-state index contributed by atoms with van der Waals surface area (Å²) < 4.78 is 0. The topological polar surface area (TPSA) is 37.3 Å². The molecule has 0 aliphatic heterocycles. The van der Waals surface area contributed by atoms with E-state index in [1.54, 1.807) is 11.1 Å². The van der Waals surface area contributed by atoms with Crippen LogP contribution in [-0.2, 0) is 4.79 Å². The first-order valence-corrected chi connectivity index (χ1v) is 6.12. The fourth-order valence-electron chi connectivity index (χ4n) is 3.13. The van der Waals surface area contributed by atoms with Gasteiger partial charge in [-0.2, -0.15) is 0 Å². The lowest BCUT2D eigenvalue weighted by Crippen LogP contribution is -2.18. The summed E-state index contributed by atoms with van der Waals surface area (Å²) in [5, 5.41) is 8.94. The van der Waals surface area contributed by atoms with Crippen LogP contribution in [0.3, 0.4) is 0 Å². The largest absolute Gasteiger partial charge is 0.481 e. The van der Waals surface area contributed by atoms with Crippen LogP contribution in [-0.4, -0.2) is 11.1 Å². The van der Waals surface area contributed by atoms with Gasteiger partial charge in [0.15, 0.2) is 0 Å². The molecule has 2 rings (SSSR count). The Kier molecular flexibility index (Phi) is 3.13. The molecule has 15 heavy (non-hydrogen) atoms. The van der Waals surface area contributed by atoms with E-state index in [0.29, 0.717) is 5.92 Å². The van der Waals surface area contributed by atoms with Crippen LogP contribution in [0.2, 0.25) is 0 Å². The van der Waals surface area contributed by atoms with Gasteiger partial charge in [0.2, 0.25) is 0 Å². The van der Waals surface area contributed by atoms with E-state index in [-0.39, 0.29) is 5.92 Å². The molecular weight excluding hydrogens is 188 g/mol. The van der Waals surface area contributed by atoms with Crippen LogP contribution < -0.4 is 0 Å². The van der Waals surface area contributed by atoms with Gasteiger partial charge in [-0.3, -0.25) is 4.79 Å². The molecule has 1 N–H and O–H groups in total. The van der Waals surface area contributed by atoms with Gasteiger partial charge in [-0.1, -0.05) is 18.1 Å². The maximum atomic E-state index is 10.8. The van der Waals surface area contributed by atoms with Gasteiger partial charge in [0.25, 0.3) is 0 Å². The van der Waals surface area contributed by atoms with Crippen molar-refractivity contribution in [1.82, 2.24) is 0 Å². The molecule has 0 aromatic heterocycles. The number of carbonyl (C=O) groups is 1. The third-order valence-corrected chi connectivity index (χ3v) is 3.96. The van der Waals surface area contributed by atoms with Crippen LogP contribution in [0.1, 0.15) is 51.9 Å². The third-order valence-electron chi connectivity index (χ3n) is 3.96. The van der Waals surface area contributed by atoms with Gasteiger partial charge in [0, 0.05) is 0 Å². The summed E-state index contributed by atoms with van der Waals surface area (Å²) in [7, 11) is 0. The van der Waals surface area contributed by atoms with Crippen molar-refractivity contribution in [2.75, 3.05) is 0 Å². The highest BCUT2D eigenvalue weighted by Gasteiger charge is 2.28. The molecule has 0 radical (unpaired) electrons. The van der Waals surface area contributed by atoms with Crippen molar-refractivity contribution in [2.24, 2.45) is 11.8 Å². The predicted octanol–water partition coefficient (Wildman–Crippen LogP) is 3.38. The summed E-state index contributed by atoms with van der Waals surface area (Å²) in [6, 6.07) is 0. The van der Waals surface area contributed by atoms with E-state index < -0.39 is 5.97 Å². The zero-order chi connectivity index (χ0) is 10.8. The van der Waals surface area contributed by atoms with Crippen LogP contribution in [0.5, 0.6) is 0 Å². The van der Waals surface area contributed by atoms with E-state index in [0.717, 1.165) is 6.42 Å². The minimum absolute atomic E-state index is 0.178. The highest BCUT2D eigenvalue weighted by atomic mass is 16.4. The molecule has 2 aliphatic rings. The molecule has 0 spiro atoms. The number of hydrogen-bond donors (Lipinski definition) is 1. The molecule has 2 heteroatoms. The average molecular weight is 208 g/mol. The van der Waals surface area contributed by atoms with E-state index in [1.165, 1.54) is 38.5 Å². The summed E-state index contributed by atoms with van der Waals surface area (Å²) in [4.78, 5) is 10.8. The molecule has 0 heterocycles. The van der Waals surface area contributed by atoms with E-state index in [4.69, 9.17) is 5.11 Å². The highest BCUT2D eigenvalue weighted by molar-refractivity contribution is 5.69. The Bertz CT molecular complexity index is 291. The maximum Gasteiger partial charge on any atom is 0.306 e. The average Bonchev–Trinajstić information content (AvgIpc) is 2.66. The van der Waals surface area contributed by atoms with E-state index in [1.807, 2.05) is 6.92 Å². The molecular formula is C13H20O2. The van der Waals surface area contributed by atoms with Crippen molar-refractivity contribution < 1.29 is 9.90 Å². The van der Waals surface area contributed by atoms with Crippen LogP contribution in [0.4, 0.5) is 0 Å². The third kappa shape index (κ3) is 2.24. The van der Waals surface area contributed by atoms with E-state index >= 15 is 0 Å². The molecule has 2 unspecified atom stereocenters. The van der Waals surface area contributed by atoms with Crippen molar-refractivity contribution >= 4 is 5.97 Å². The minimum Gasteiger partial charge on any atom is -0.481 e. The van der Waals surface area contributed by atoms with Crippen molar-refractivity contribution in [3.05, 3.63) is 11.1 Å². The Morgan fingerprint density at radius 3 is 2.87 bits per heavy atom. The Morgan fingerprint density at radius 2 is 2.13 bits per heavy atom. The Labute approximate surface area is 91.4 Å². The van der Waals surface area contributed by atoms with E-state index in [9.17, 15) is 4.79 Å². The SMILES string of the molecule is CC(CC1CCCC2=C1CCC2)C(=O)O. The molecule has 0 amide bonds. The smallest absolute Gasteiger partial charge is 0.306 e. The van der Waals surface area contributed by atoms with Crippen molar-refractivity contribution in [1.29, 1.82) is 0 Å². The predicted molar refractivity (Wildman–Crippen MR) is 59.6 cm³/mol. The second-order valence-electron chi connectivity index (χ2n) is 5.05. The van der Waals surface area contributed by atoms with Gasteiger partial charge in [0.1, 0.15) is 0 Å². The van der Waals surface area contributed by atoms with Gasteiger partial charge in [-0.15, -0.1) is 0 Å². The number of hydrogen-bond acceptors (Lipinski definition) is 1. The first-order valence-electron chi connectivity index (χ1n) is 6.12. The Balaban J connectivity index is 2.03. The number of carboxylic acids is 1. The number of carboxylic acid groups (broad SMARTS) is 1. The van der Waals surface area contributed by atoms with Gasteiger partial charge in [0.05, 0.1) is 5.92 Å². The Hall–Kier alpha value is -0.790. The first kappa shape index (κ1) is 10.7. The molecule has 2 atom stereocenters. The molecule has 0 aromatic rings. The first-order chi connectivity index (χ1) is 7.18. The molecule has 0 fully saturated rings. The molecule has 2 aliphatic carbocycles. The van der Waals surface area contributed by atoms with Gasteiger partial charge in [-0.25, -0.2) is 0 Å². The summed E-state index contributed by atoms with van der Waals surface area (Å²) in [6.45, 7) is 1.84. The summed E-state index contributed by atoms with van der Waals surface area (Å²) >= 11 is 0. The standard InChI is InChI=1S/C13H20O2/c1-9(13(14)15)8-11-6-2-4-10-5-3-7-12(10)11/h9,11H,2-8H2,1H3,(H,14,15). The fourth-order valence-corrected chi connectivity index (χ4v) is 3.13. The molecule has 0 saturated carbocycles. The molecule has 0 aromatic carbocycles. The van der Waals surface area contributed by atoms with E-state index in [2.05, 4.69) is 0 Å². The molecule has 0 saturated heterocycles. The monoisotopic (exact) mass is 208 g/mol. The molecule has 2 nitrogen and oxygen atoms in total. The minimum atomic E-state index is -0.638. The molecule has 84 valence electrons. The lowest BCUT2D eigenvalue weighted by molar-refractivity contribution is -0.141. The lowest BCUT2D eigenvalue weighted by atomic mass is 9.79. The quantitative estimate of drug-likeness (QED) is 0.722. The van der Waals surface area contributed by atoms with Crippen LogP contribution in [0.15, 0.2) is 11.1 Å². The van der Waals surface area contributed by atoms with Crippen molar-refractivity contribution in [3.63, 3.8) is 0 Å². The molecule has 0 bridgehead atoms. The van der Waals surface area contributed by atoms with Crippen LogP contribution >= 0.6 is 0 Å². The van der Waals surface area contributed by atoms with Gasteiger partial charge >= 0.3 is 5.97 Å². The van der Waals surface area contributed by atoms with Gasteiger partial charge < -0.3 is 5.11 Å². The second-order valence-corrected chi connectivity index (χ2v) is 5.05. The van der Waals surface area contributed by atoms with Crippen LogP contribution in [0, 0.1) is 11.8 Å².